The quantitative estimate of drug-likeness (QED) is 0.521. The summed E-state index contributed by atoms with van der Waals surface area (Å²) in [6.45, 7) is 1.52. The molecule has 2 aromatic carbocycles. The first kappa shape index (κ1) is 13.8. The second-order valence-electron chi connectivity index (χ2n) is 4.76. The van der Waals surface area contributed by atoms with E-state index in [1.54, 1.807) is 6.33 Å². The Morgan fingerprint density at radius 1 is 1.09 bits per heavy atom. The Morgan fingerprint density at radius 2 is 1.77 bits per heavy atom. The highest BCUT2D eigenvalue weighted by Gasteiger charge is 2.03. The summed E-state index contributed by atoms with van der Waals surface area (Å²) in [4.78, 5) is 22.1. The molecule has 0 aliphatic rings. The minimum Gasteiger partial charge on any atom is -0.369 e. The number of nitrogen functional groups attached to an aromatic ring is 1. The summed E-state index contributed by atoms with van der Waals surface area (Å²) in [7, 11) is 0. The highest BCUT2D eigenvalue weighted by molar-refractivity contribution is 5.88. The molecule has 0 aliphatic heterocycles. The van der Waals surface area contributed by atoms with Crippen LogP contribution in [0.2, 0.25) is 0 Å². The van der Waals surface area contributed by atoms with Gasteiger partial charge in [-0.2, -0.15) is 0 Å². The second-order valence-corrected chi connectivity index (χ2v) is 4.76. The first-order valence-electron chi connectivity index (χ1n) is 6.78. The molecule has 3 N–H and O–H groups in total. The van der Waals surface area contributed by atoms with Crippen LogP contribution >= 0.6 is 0 Å². The highest BCUT2D eigenvalue weighted by Crippen LogP contribution is 2.11. The van der Waals surface area contributed by atoms with Crippen molar-refractivity contribution in [3.63, 3.8) is 0 Å². The van der Waals surface area contributed by atoms with Gasteiger partial charge in [0.25, 0.3) is 0 Å². The van der Waals surface area contributed by atoms with Gasteiger partial charge >= 0.3 is 0 Å². The predicted molar refractivity (Wildman–Crippen MR) is 86.5 cm³/mol. The average Bonchev–Trinajstić information content (AvgIpc) is 3.09. The minimum atomic E-state index is -0.0105. The van der Waals surface area contributed by atoms with E-state index in [2.05, 4.69) is 15.0 Å². The lowest BCUT2D eigenvalue weighted by Crippen LogP contribution is -2.02. The van der Waals surface area contributed by atoms with E-state index in [-0.39, 0.29) is 5.91 Å². The molecule has 0 aliphatic carbocycles. The molecule has 0 bridgehead atoms. The maximum Gasteiger partial charge on any atom is 0.229 e. The number of rotatable bonds is 0. The Labute approximate surface area is 126 Å². The minimum absolute atomic E-state index is 0.0105. The van der Waals surface area contributed by atoms with Crippen molar-refractivity contribution in [1.29, 1.82) is 0 Å². The molecule has 2 heterocycles. The highest BCUT2D eigenvalue weighted by atomic mass is 16.1. The van der Waals surface area contributed by atoms with Gasteiger partial charge in [-0.15, -0.1) is 0 Å². The van der Waals surface area contributed by atoms with Gasteiger partial charge in [-0.25, -0.2) is 9.97 Å². The Bertz CT molecular complexity index is 905. The fourth-order valence-corrected chi connectivity index (χ4v) is 2.18. The van der Waals surface area contributed by atoms with Crippen LogP contribution in [0.15, 0.2) is 54.9 Å². The van der Waals surface area contributed by atoms with Crippen LogP contribution in [-0.4, -0.2) is 25.4 Å². The molecule has 0 unspecified atom stereocenters. The van der Waals surface area contributed by atoms with Crippen molar-refractivity contribution in [2.75, 3.05) is 5.73 Å². The van der Waals surface area contributed by atoms with Crippen LogP contribution in [0.3, 0.4) is 0 Å². The third-order valence-corrected chi connectivity index (χ3v) is 3.20. The van der Waals surface area contributed by atoms with Gasteiger partial charge in [0.2, 0.25) is 5.91 Å². The number of hydrogen-bond acceptors (Lipinski definition) is 4. The summed E-state index contributed by atoms with van der Waals surface area (Å²) in [6, 6.07) is 15.3. The number of H-pyrrole nitrogens is 1. The largest absolute Gasteiger partial charge is 0.369 e. The SMILES string of the molecule is CC(=O)n1cnc2ccccc21.Nc1nc2ccccc2[nH]1. The Balaban J connectivity index is 0.000000133. The molecule has 6 heteroatoms. The monoisotopic (exact) mass is 293 g/mol. The molecule has 22 heavy (non-hydrogen) atoms. The number of carbonyl (C=O) groups excluding carboxylic acids is 1. The zero-order valence-corrected chi connectivity index (χ0v) is 12.0. The molecule has 110 valence electrons. The van der Waals surface area contributed by atoms with E-state index in [0.717, 1.165) is 22.1 Å². The molecule has 0 fully saturated rings. The van der Waals surface area contributed by atoms with Crippen molar-refractivity contribution >= 4 is 33.9 Å². The number of aromatic nitrogens is 4. The topological polar surface area (TPSA) is 89.6 Å². The number of benzene rings is 2. The summed E-state index contributed by atoms with van der Waals surface area (Å²) in [5, 5.41) is 0. The Morgan fingerprint density at radius 3 is 2.50 bits per heavy atom. The first-order valence-corrected chi connectivity index (χ1v) is 6.78. The number of fused-ring (bicyclic) bond motifs is 2. The number of nitrogens with zero attached hydrogens (tertiary/aromatic N) is 3. The number of nitrogens with two attached hydrogens (primary N) is 1. The van der Waals surface area contributed by atoms with E-state index in [1.807, 2.05) is 48.5 Å². The fraction of sp³-hybridized carbons (Fsp3) is 0.0625. The lowest BCUT2D eigenvalue weighted by Gasteiger charge is -1.94. The summed E-state index contributed by atoms with van der Waals surface area (Å²) in [6.07, 6.45) is 1.55. The number of aromatic amines is 1. The molecule has 0 saturated heterocycles. The number of anilines is 1. The Hall–Kier alpha value is -3.15. The molecular weight excluding hydrogens is 278 g/mol. The summed E-state index contributed by atoms with van der Waals surface area (Å²) >= 11 is 0. The molecule has 4 aromatic rings. The van der Waals surface area contributed by atoms with Gasteiger partial charge in [-0.3, -0.25) is 9.36 Å². The van der Waals surface area contributed by atoms with Crippen molar-refractivity contribution < 1.29 is 4.79 Å². The zero-order valence-electron chi connectivity index (χ0n) is 12.0. The van der Waals surface area contributed by atoms with E-state index in [4.69, 9.17) is 5.73 Å². The van der Waals surface area contributed by atoms with Crippen LogP contribution in [-0.2, 0) is 0 Å². The molecular formula is C16H15N5O. The van der Waals surface area contributed by atoms with Crippen LogP contribution in [0.4, 0.5) is 5.95 Å². The van der Waals surface area contributed by atoms with Crippen molar-refractivity contribution in [1.82, 2.24) is 19.5 Å². The molecule has 2 aromatic heterocycles. The third-order valence-electron chi connectivity index (χ3n) is 3.20. The lowest BCUT2D eigenvalue weighted by atomic mass is 10.3. The van der Waals surface area contributed by atoms with Crippen LogP contribution in [0.5, 0.6) is 0 Å². The number of hydrogen-bond donors (Lipinski definition) is 2. The number of nitrogens with one attached hydrogen (secondary N) is 1. The van der Waals surface area contributed by atoms with Gasteiger partial charge in [0.15, 0.2) is 5.95 Å². The van der Waals surface area contributed by atoms with E-state index in [0.29, 0.717) is 5.95 Å². The fourth-order valence-electron chi connectivity index (χ4n) is 2.18. The van der Waals surface area contributed by atoms with Gasteiger partial charge in [-0.05, 0) is 24.3 Å². The first-order chi connectivity index (χ1) is 10.6. The zero-order chi connectivity index (χ0) is 15.5. The van der Waals surface area contributed by atoms with Crippen molar-refractivity contribution in [2.45, 2.75) is 6.92 Å². The second kappa shape index (κ2) is 5.69. The van der Waals surface area contributed by atoms with Gasteiger partial charge < -0.3 is 10.7 Å². The van der Waals surface area contributed by atoms with Crippen molar-refractivity contribution in [2.24, 2.45) is 0 Å². The van der Waals surface area contributed by atoms with Crippen LogP contribution in [0.1, 0.15) is 11.7 Å². The Kier molecular flexibility index (Phi) is 3.57. The van der Waals surface area contributed by atoms with E-state index >= 15 is 0 Å². The van der Waals surface area contributed by atoms with Crippen molar-refractivity contribution in [3.8, 4) is 0 Å². The van der Waals surface area contributed by atoms with Crippen molar-refractivity contribution in [3.05, 3.63) is 54.9 Å². The molecule has 4 rings (SSSR count). The van der Waals surface area contributed by atoms with Gasteiger partial charge in [0, 0.05) is 6.92 Å². The third kappa shape index (κ3) is 2.67. The van der Waals surface area contributed by atoms with E-state index in [9.17, 15) is 4.79 Å². The maximum atomic E-state index is 11.0. The number of carbonyl (C=O) groups is 1. The van der Waals surface area contributed by atoms with Crippen LogP contribution in [0.25, 0.3) is 22.1 Å². The number of para-hydroxylation sites is 4. The van der Waals surface area contributed by atoms with Crippen LogP contribution < -0.4 is 5.73 Å². The van der Waals surface area contributed by atoms with Crippen LogP contribution in [0, 0.1) is 0 Å². The van der Waals surface area contributed by atoms with Gasteiger partial charge in [0.1, 0.15) is 6.33 Å². The van der Waals surface area contributed by atoms with Gasteiger partial charge in [0.05, 0.1) is 22.1 Å². The summed E-state index contributed by atoms with van der Waals surface area (Å²) in [5.74, 6) is 0.463. The molecule has 6 nitrogen and oxygen atoms in total. The standard InChI is InChI=1S/C9H8N2O.C7H7N3/c1-7(12)11-6-10-8-4-2-3-5-9(8)11;8-7-9-5-3-1-2-4-6(5)10-7/h2-6H,1H3;1-4H,(H3,8,9,10). The molecule has 0 atom stereocenters. The summed E-state index contributed by atoms with van der Waals surface area (Å²) < 4.78 is 1.54. The summed E-state index contributed by atoms with van der Waals surface area (Å²) in [5.41, 5.74) is 9.05. The predicted octanol–water partition coefficient (Wildman–Crippen LogP) is 2.84. The smallest absolute Gasteiger partial charge is 0.229 e. The van der Waals surface area contributed by atoms with E-state index in [1.165, 1.54) is 11.5 Å². The van der Waals surface area contributed by atoms with Gasteiger partial charge in [-0.1, -0.05) is 24.3 Å². The molecule has 0 radical (unpaired) electrons. The lowest BCUT2D eigenvalue weighted by molar-refractivity contribution is 0.0941. The normalized spacial score (nSPS) is 10.4. The molecule has 0 amide bonds. The molecule has 0 spiro atoms. The average molecular weight is 293 g/mol. The van der Waals surface area contributed by atoms with E-state index < -0.39 is 0 Å². The maximum absolute atomic E-state index is 11.0. The molecule has 0 saturated carbocycles. The number of imidazole rings is 2.